The number of hydrogen-bond donors (Lipinski definition) is 1. The fourth-order valence-corrected chi connectivity index (χ4v) is 2.07. The van der Waals surface area contributed by atoms with Crippen LogP contribution in [0.25, 0.3) is 0 Å². The predicted octanol–water partition coefficient (Wildman–Crippen LogP) is 0.668. The normalized spacial score (nSPS) is 18.3. The second-order valence-electron chi connectivity index (χ2n) is 5.05. The van der Waals surface area contributed by atoms with Crippen molar-refractivity contribution >= 4 is 5.91 Å². The van der Waals surface area contributed by atoms with Crippen molar-refractivity contribution in [3.8, 4) is 0 Å². The Balaban J connectivity index is 2.38. The summed E-state index contributed by atoms with van der Waals surface area (Å²) in [5.74, 6) is 0.153. The molecule has 0 aromatic rings. The van der Waals surface area contributed by atoms with Gasteiger partial charge in [0.1, 0.15) is 0 Å². The quantitative estimate of drug-likeness (QED) is 0.725. The zero-order valence-corrected chi connectivity index (χ0v) is 10.8. The molecular weight excluding hydrogens is 202 g/mol. The molecule has 0 spiro atoms. The minimum atomic E-state index is -0.534. The molecule has 0 aliphatic heterocycles. The number of likely N-dealkylation sites (N-methyl/N-ethyl adjacent to an activating group) is 1. The summed E-state index contributed by atoms with van der Waals surface area (Å²) in [6.07, 6.45) is 3.83. The van der Waals surface area contributed by atoms with E-state index in [1.54, 1.807) is 0 Å². The summed E-state index contributed by atoms with van der Waals surface area (Å²) in [4.78, 5) is 16.2. The molecule has 1 amide bonds. The Labute approximate surface area is 98.8 Å². The highest BCUT2D eigenvalue weighted by molar-refractivity contribution is 5.87. The molecule has 0 aromatic heterocycles. The first-order chi connectivity index (χ1) is 7.49. The van der Waals surface area contributed by atoms with Gasteiger partial charge in [-0.05, 0) is 53.2 Å². The Bertz CT molecular complexity index is 236. The highest BCUT2D eigenvalue weighted by atomic mass is 16.2. The van der Waals surface area contributed by atoms with E-state index in [1.165, 1.54) is 0 Å². The fourth-order valence-electron chi connectivity index (χ4n) is 2.07. The number of nitrogens with zero attached hydrogens (tertiary/aromatic N) is 2. The van der Waals surface area contributed by atoms with Crippen LogP contribution in [0.1, 0.15) is 32.6 Å². The molecule has 1 aliphatic carbocycles. The molecule has 0 bridgehead atoms. The molecule has 1 saturated carbocycles. The van der Waals surface area contributed by atoms with Gasteiger partial charge in [0.15, 0.2) is 0 Å². The maximum Gasteiger partial charge on any atom is 0.242 e. The van der Waals surface area contributed by atoms with Crippen molar-refractivity contribution in [1.82, 2.24) is 9.80 Å². The first kappa shape index (κ1) is 13.5. The molecule has 0 unspecified atom stereocenters. The van der Waals surface area contributed by atoms with Crippen LogP contribution >= 0.6 is 0 Å². The van der Waals surface area contributed by atoms with E-state index in [9.17, 15) is 4.79 Å². The monoisotopic (exact) mass is 227 g/mol. The molecule has 0 atom stereocenters. The predicted molar refractivity (Wildman–Crippen MR) is 66.2 cm³/mol. The molecule has 2 N–H and O–H groups in total. The Morgan fingerprint density at radius 2 is 1.94 bits per heavy atom. The topological polar surface area (TPSA) is 49.6 Å². The number of carbonyl (C=O) groups excluding carboxylic acids is 1. The van der Waals surface area contributed by atoms with Crippen LogP contribution in [0.2, 0.25) is 0 Å². The van der Waals surface area contributed by atoms with Gasteiger partial charge in [0.25, 0.3) is 0 Å². The number of amides is 1. The van der Waals surface area contributed by atoms with Crippen molar-refractivity contribution in [2.24, 2.45) is 5.73 Å². The summed E-state index contributed by atoms with van der Waals surface area (Å²) >= 11 is 0. The van der Waals surface area contributed by atoms with E-state index in [0.717, 1.165) is 45.3 Å². The van der Waals surface area contributed by atoms with Crippen molar-refractivity contribution in [1.29, 1.82) is 0 Å². The van der Waals surface area contributed by atoms with E-state index < -0.39 is 5.54 Å². The summed E-state index contributed by atoms with van der Waals surface area (Å²) < 4.78 is 0. The van der Waals surface area contributed by atoms with E-state index in [1.807, 2.05) is 11.8 Å². The Kier molecular flexibility index (Phi) is 4.74. The maximum atomic E-state index is 12.1. The first-order valence-corrected chi connectivity index (χ1v) is 6.22. The van der Waals surface area contributed by atoms with E-state index in [0.29, 0.717) is 0 Å². The van der Waals surface area contributed by atoms with Crippen LogP contribution in [-0.4, -0.2) is 55.0 Å². The van der Waals surface area contributed by atoms with Gasteiger partial charge in [0.05, 0.1) is 5.54 Å². The van der Waals surface area contributed by atoms with E-state index in [2.05, 4.69) is 19.0 Å². The van der Waals surface area contributed by atoms with Crippen LogP contribution in [0.15, 0.2) is 0 Å². The lowest BCUT2D eigenvalue weighted by Crippen LogP contribution is -2.59. The Morgan fingerprint density at radius 1 is 1.31 bits per heavy atom. The summed E-state index contributed by atoms with van der Waals surface area (Å²) in [5.41, 5.74) is 5.52. The second-order valence-corrected chi connectivity index (χ2v) is 5.05. The van der Waals surface area contributed by atoms with Crippen LogP contribution in [0.5, 0.6) is 0 Å². The zero-order valence-electron chi connectivity index (χ0n) is 10.8. The number of hydrogen-bond acceptors (Lipinski definition) is 3. The van der Waals surface area contributed by atoms with Crippen molar-refractivity contribution in [2.75, 3.05) is 33.7 Å². The van der Waals surface area contributed by atoms with Gasteiger partial charge in [-0.2, -0.15) is 0 Å². The smallest absolute Gasteiger partial charge is 0.242 e. The standard InChI is InChI=1S/C12H25N3O/c1-4-15(10-6-9-14(2)3)11(16)12(13)7-5-8-12/h4-10,13H2,1-3H3. The molecule has 0 heterocycles. The van der Waals surface area contributed by atoms with E-state index in [-0.39, 0.29) is 5.91 Å². The van der Waals surface area contributed by atoms with Gasteiger partial charge >= 0.3 is 0 Å². The largest absolute Gasteiger partial charge is 0.341 e. The third-order valence-corrected chi connectivity index (χ3v) is 3.37. The Hall–Kier alpha value is -0.610. The third-order valence-electron chi connectivity index (χ3n) is 3.37. The first-order valence-electron chi connectivity index (χ1n) is 6.22. The van der Waals surface area contributed by atoms with Crippen LogP contribution < -0.4 is 5.73 Å². The molecule has 16 heavy (non-hydrogen) atoms. The third kappa shape index (κ3) is 3.19. The lowest BCUT2D eigenvalue weighted by atomic mass is 9.76. The molecule has 1 fully saturated rings. The van der Waals surface area contributed by atoms with Crippen LogP contribution in [0, 0.1) is 0 Å². The molecule has 1 aliphatic rings. The molecule has 0 saturated heterocycles. The average Bonchev–Trinajstić information content (AvgIpc) is 2.19. The SMILES string of the molecule is CCN(CCCN(C)C)C(=O)C1(N)CCC1. The minimum absolute atomic E-state index is 0.153. The summed E-state index contributed by atoms with van der Waals surface area (Å²) in [6.45, 7) is 4.63. The summed E-state index contributed by atoms with van der Waals surface area (Å²) in [6, 6.07) is 0. The zero-order chi connectivity index (χ0) is 12.2. The molecule has 0 radical (unpaired) electrons. The lowest BCUT2D eigenvalue weighted by Gasteiger charge is -2.40. The highest BCUT2D eigenvalue weighted by Crippen LogP contribution is 2.30. The molecule has 4 nitrogen and oxygen atoms in total. The minimum Gasteiger partial charge on any atom is -0.341 e. The number of nitrogens with two attached hydrogens (primary N) is 1. The molecule has 4 heteroatoms. The number of carbonyl (C=O) groups is 1. The van der Waals surface area contributed by atoms with Gasteiger partial charge in [0.2, 0.25) is 5.91 Å². The van der Waals surface area contributed by atoms with Gasteiger partial charge in [-0.25, -0.2) is 0 Å². The second kappa shape index (κ2) is 5.64. The van der Waals surface area contributed by atoms with Gasteiger partial charge in [-0.1, -0.05) is 0 Å². The maximum absolute atomic E-state index is 12.1. The molecule has 1 rings (SSSR count). The van der Waals surface area contributed by atoms with Gasteiger partial charge in [0, 0.05) is 13.1 Å². The van der Waals surface area contributed by atoms with Crippen LogP contribution in [-0.2, 0) is 4.79 Å². The summed E-state index contributed by atoms with van der Waals surface area (Å²) in [5, 5.41) is 0. The van der Waals surface area contributed by atoms with E-state index in [4.69, 9.17) is 5.73 Å². The van der Waals surface area contributed by atoms with Crippen molar-refractivity contribution in [3.63, 3.8) is 0 Å². The highest BCUT2D eigenvalue weighted by Gasteiger charge is 2.42. The van der Waals surface area contributed by atoms with E-state index >= 15 is 0 Å². The van der Waals surface area contributed by atoms with Crippen LogP contribution in [0.3, 0.4) is 0 Å². The molecular formula is C12H25N3O. The van der Waals surface area contributed by atoms with Crippen molar-refractivity contribution in [2.45, 2.75) is 38.1 Å². The van der Waals surface area contributed by atoms with Crippen LogP contribution in [0.4, 0.5) is 0 Å². The van der Waals surface area contributed by atoms with Crippen molar-refractivity contribution < 1.29 is 4.79 Å². The number of rotatable bonds is 6. The Morgan fingerprint density at radius 3 is 2.31 bits per heavy atom. The van der Waals surface area contributed by atoms with Gasteiger partial charge in [-0.3, -0.25) is 4.79 Å². The van der Waals surface area contributed by atoms with Gasteiger partial charge < -0.3 is 15.5 Å². The molecule has 94 valence electrons. The summed E-state index contributed by atoms with van der Waals surface area (Å²) in [7, 11) is 4.10. The van der Waals surface area contributed by atoms with Gasteiger partial charge in [-0.15, -0.1) is 0 Å². The fraction of sp³-hybridized carbons (Fsp3) is 0.917. The molecule has 0 aromatic carbocycles. The lowest BCUT2D eigenvalue weighted by molar-refractivity contribution is -0.140. The van der Waals surface area contributed by atoms with Crippen molar-refractivity contribution in [3.05, 3.63) is 0 Å². The average molecular weight is 227 g/mol.